The number of nitrogens with zero attached hydrogens (tertiary/aromatic N) is 2. The van der Waals surface area contributed by atoms with Crippen LogP contribution in [0.1, 0.15) is 61.0 Å². The first-order valence-electron chi connectivity index (χ1n) is 11.7. The highest BCUT2D eigenvalue weighted by molar-refractivity contribution is 5.79. The van der Waals surface area contributed by atoms with Crippen LogP contribution in [0, 0.1) is 4.91 Å². The Balaban J connectivity index is 1.65. The van der Waals surface area contributed by atoms with Crippen LogP contribution < -0.4 is 5.32 Å². The molecule has 2 aliphatic rings. The molecule has 2 aromatic rings. The zero-order valence-corrected chi connectivity index (χ0v) is 19.8. The Morgan fingerprint density at radius 1 is 1.00 bits per heavy atom. The largest absolute Gasteiger partial charge is 0.416 e. The molecule has 6 nitrogen and oxygen atoms in total. The lowest BCUT2D eigenvalue weighted by Gasteiger charge is -2.50. The summed E-state index contributed by atoms with van der Waals surface area (Å²) in [5.41, 5.74) is -4.29. The molecule has 200 valence electrons. The maximum atomic E-state index is 13.3. The Bertz CT molecular complexity index is 1120. The molecule has 0 bridgehead atoms. The minimum Gasteiger partial charge on any atom is -0.371 e. The number of ether oxygens (including phenoxy) is 1. The SMILES string of the molecule is C[C@@H](OC[C@@]1(c2ccccc2)CC[C@]2(CCC(=O)N2)CN1N=O)c1cc(C(F)(F)F)cc(C(F)(F)F)c1. The normalized spacial score (nSPS) is 25.3. The van der Waals surface area contributed by atoms with E-state index in [1.54, 1.807) is 30.3 Å². The second-order valence-electron chi connectivity index (χ2n) is 9.66. The van der Waals surface area contributed by atoms with Crippen molar-refractivity contribution < 1.29 is 35.9 Å². The minimum absolute atomic E-state index is 0.0657. The lowest BCUT2D eigenvalue weighted by molar-refractivity contribution is -0.143. The van der Waals surface area contributed by atoms with Gasteiger partial charge in [-0.05, 0) is 55.5 Å². The fraction of sp³-hybridized carbons (Fsp3) is 0.480. The van der Waals surface area contributed by atoms with Crippen LogP contribution in [0.25, 0.3) is 0 Å². The van der Waals surface area contributed by atoms with Crippen LogP contribution in [0.15, 0.2) is 53.8 Å². The number of piperidine rings is 1. The zero-order valence-electron chi connectivity index (χ0n) is 19.8. The molecule has 12 heteroatoms. The van der Waals surface area contributed by atoms with E-state index in [1.807, 2.05) is 0 Å². The van der Waals surface area contributed by atoms with Crippen LogP contribution in [0.2, 0.25) is 0 Å². The molecular weight excluding hydrogens is 504 g/mol. The summed E-state index contributed by atoms with van der Waals surface area (Å²) in [7, 11) is 0. The first-order chi connectivity index (χ1) is 17.3. The summed E-state index contributed by atoms with van der Waals surface area (Å²) in [5, 5.41) is 7.42. The minimum atomic E-state index is -4.98. The monoisotopic (exact) mass is 529 g/mol. The van der Waals surface area contributed by atoms with Crippen molar-refractivity contribution in [1.82, 2.24) is 10.3 Å². The van der Waals surface area contributed by atoms with Gasteiger partial charge in [-0.25, -0.2) is 5.01 Å². The van der Waals surface area contributed by atoms with Crippen LogP contribution >= 0.6 is 0 Å². The first kappa shape index (κ1) is 26.9. The molecule has 2 heterocycles. The Labute approximate surface area is 208 Å². The molecule has 0 aromatic heterocycles. The van der Waals surface area contributed by atoms with E-state index in [2.05, 4.69) is 10.6 Å². The summed E-state index contributed by atoms with van der Waals surface area (Å²) >= 11 is 0. The molecule has 2 saturated heterocycles. The molecule has 0 radical (unpaired) electrons. The van der Waals surface area contributed by atoms with Crippen LogP contribution in [0.5, 0.6) is 0 Å². The van der Waals surface area contributed by atoms with Crippen LogP contribution in [0.4, 0.5) is 26.3 Å². The molecule has 2 aliphatic heterocycles. The number of carbonyl (C=O) groups excluding carboxylic acids is 1. The highest BCUT2D eigenvalue weighted by atomic mass is 19.4. The maximum Gasteiger partial charge on any atom is 0.416 e. The van der Waals surface area contributed by atoms with Gasteiger partial charge in [0, 0.05) is 6.42 Å². The topological polar surface area (TPSA) is 71.0 Å². The Morgan fingerprint density at radius 2 is 1.62 bits per heavy atom. The number of hydrogen-bond acceptors (Lipinski definition) is 4. The van der Waals surface area contributed by atoms with Gasteiger partial charge in [-0.1, -0.05) is 30.3 Å². The van der Waals surface area contributed by atoms with E-state index in [0.29, 0.717) is 43.4 Å². The van der Waals surface area contributed by atoms with Crippen molar-refractivity contribution in [2.24, 2.45) is 5.29 Å². The van der Waals surface area contributed by atoms with E-state index in [-0.39, 0.29) is 30.7 Å². The summed E-state index contributed by atoms with van der Waals surface area (Å²) in [5.74, 6) is -0.132. The molecule has 1 N–H and O–H groups in total. The lowest BCUT2D eigenvalue weighted by atomic mass is 9.75. The van der Waals surface area contributed by atoms with E-state index >= 15 is 0 Å². The van der Waals surface area contributed by atoms with Gasteiger partial charge in [0.2, 0.25) is 5.91 Å². The van der Waals surface area contributed by atoms with Crippen molar-refractivity contribution in [2.75, 3.05) is 13.2 Å². The molecule has 4 rings (SSSR count). The van der Waals surface area contributed by atoms with E-state index in [4.69, 9.17) is 4.74 Å². The first-order valence-corrected chi connectivity index (χ1v) is 11.7. The van der Waals surface area contributed by atoms with Gasteiger partial charge >= 0.3 is 12.4 Å². The number of rotatable bonds is 6. The second kappa shape index (κ2) is 9.62. The molecule has 37 heavy (non-hydrogen) atoms. The van der Waals surface area contributed by atoms with E-state index < -0.39 is 40.7 Å². The Morgan fingerprint density at radius 3 is 2.14 bits per heavy atom. The number of amides is 1. The van der Waals surface area contributed by atoms with E-state index in [1.165, 1.54) is 11.9 Å². The molecule has 2 aromatic carbocycles. The number of alkyl halides is 6. The lowest BCUT2D eigenvalue weighted by Crippen LogP contribution is -2.61. The molecule has 0 saturated carbocycles. The average Bonchev–Trinajstić information content (AvgIpc) is 3.22. The van der Waals surface area contributed by atoms with Crippen LogP contribution in [0.3, 0.4) is 0 Å². The summed E-state index contributed by atoms with van der Waals surface area (Å²) < 4.78 is 85.9. The Hall–Kier alpha value is -3.15. The van der Waals surface area contributed by atoms with Gasteiger partial charge in [-0.15, -0.1) is 4.91 Å². The van der Waals surface area contributed by atoms with Gasteiger partial charge in [0.1, 0.15) is 5.54 Å². The summed E-state index contributed by atoms with van der Waals surface area (Å²) in [6.45, 7) is 1.22. The highest BCUT2D eigenvalue weighted by Gasteiger charge is 2.52. The van der Waals surface area contributed by atoms with Crippen molar-refractivity contribution in [3.8, 4) is 0 Å². The summed E-state index contributed by atoms with van der Waals surface area (Å²) in [4.78, 5) is 23.9. The van der Waals surface area contributed by atoms with Gasteiger partial charge in [0.05, 0.1) is 41.2 Å². The predicted molar refractivity (Wildman–Crippen MR) is 121 cm³/mol. The highest BCUT2D eigenvalue weighted by Crippen LogP contribution is 2.45. The van der Waals surface area contributed by atoms with Crippen molar-refractivity contribution >= 4 is 5.91 Å². The number of benzene rings is 2. The predicted octanol–water partition coefficient (Wildman–Crippen LogP) is 6.12. The van der Waals surface area contributed by atoms with Crippen molar-refractivity contribution in [3.63, 3.8) is 0 Å². The van der Waals surface area contributed by atoms with Gasteiger partial charge < -0.3 is 10.1 Å². The zero-order chi connectivity index (χ0) is 27.1. The molecule has 2 fully saturated rings. The summed E-state index contributed by atoms with van der Waals surface area (Å²) in [6.07, 6.45) is -9.50. The molecular formula is C25H25F6N3O3. The van der Waals surface area contributed by atoms with E-state index in [0.717, 1.165) is 0 Å². The smallest absolute Gasteiger partial charge is 0.371 e. The average molecular weight is 529 g/mol. The van der Waals surface area contributed by atoms with Crippen molar-refractivity contribution in [3.05, 3.63) is 75.7 Å². The quantitative estimate of drug-likeness (QED) is 0.362. The third-order valence-corrected chi connectivity index (χ3v) is 7.26. The van der Waals surface area contributed by atoms with Gasteiger partial charge in [-0.2, -0.15) is 26.3 Å². The molecule has 0 unspecified atom stereocenters. The van der Waals surface area contributed by atoms with Crippen molar-refractivity contribution in [1.29, 1.82) is 0 Å². The number of hydrogen-bond donors (Lipinski definition) is 1. The van der Waals surface area contributed by atoms with Crippen LogP contribution in [-0.2, 0) is 27.4 Å². The van der Waals surface area contributed by atoms with Gasteiger partial charge in [0.15, 0.2) is 0 Å². The van der Waals surface area contributed by atoms with E-state index in [9.17, 15) is 36.0 Å². The number of carbonyl (C=O) groups is 1. The van der Waals surface area contributed by atoms with Crippen molar-refractivity contribution in [2.45, 2.75) is 62.1 Å². The molecule has 1 spiro atoms. The fourth-order valence-corrected chi connectivity index (χ4v) is 5.12. The molecule has 3 atom stereocenters. The third kappa shape index (κ3) is 5.43. The van der Waals surface area contributed by atoms with Crippen LogP contribution in [-0.4, -0.2) is 29.6 Å². The Kier molecular flexibility index (Phi) is 7.00. The molecule has 1 amide bonds. The summed E-state index contributed by atoms with van der Waals surface area (Å²) in [6, 6.07) is 10.1. The van der Waals surface area contributed by atoms with Gasteiger partial charge in [-0.3, -0.25) is 4.79 Å². The standard InChI is InChI=1S/C25H25F6N3O3/c1-16(17-11-19(24(26,27)28)13-20(12-17)25(29,30)31)37-15-23(18-5-3-2-4-6-18)10-9-22(14-34(23)33-36)8-7-21(35)32-22/h2-6,11-13,16H,7-10,14-15H2,1H3,(H,32,35)/t16-,22-,23-/m1/s1. The maximum absolute atomic E-state index is 13.3. The third-order valence-electron chi connectivity index (χ3n) is 7.26. The van der Waals surface area contributed by atoms with Gasteiger partial charge in [0.25, 0.3) is 0 Å². The number of nitroso groups, excluding NO2 is 1. The molecule has 0 aliphatic carbocycles. The second-order valence-corrected chi connectivity index (χ2v) is 9.66. The number of halogens is 6. The fourth-order valence-electron chi connectivity index (χ4n) is 5.12. The number of nitrogens with one attached hydrogen (secondary N) is 1.